The number of carbonyl (C=O) groups excluding carboxylic acids is 3. The number of likely N-dealkylation sites (tertiary alicyclic amines) is 1. The number of nitrogens with zero attached hydrogens (tertiary/aromatic N) is 3. The summed E-state index contributed by atoms with van der Waals surface area (Å²) in [5.41, 5.74) is 0.459. The molecule has 2 N–H and O–H groups in total. The van der Waals surface area contributed by atoms with E-state index in [4.69, 9.17) is 0 Å². The zero-order chi connectivity index (χ0) is 18.5. The van der Waals surface area contributed by atoms with Crippen molar-refractivity contribution >= 4 is 17.7 Å². The Labute approximate surface area is 152 Å². The summed E-state index contributed by atoms with van der Waals surface area (Å²) in [6, 6.07) is 5.08. The fraction of sp³-hybridized carbons (Fsp3) is 0.556. The van der Waals surface area contributed by atoms with Crippen molar-refractivity contribution in [3.05, 3.63) is 30.1 Å². The van der Waals surface area contributed by atoms with Crippen LogP contribution < -0.4 is 10.6 Å². The van der Waals surface area contributed by atoms with Gasteiger partial charge in [0, 0.05) is 45.5 Å². The van der Waals surface area contributed by atoms with Gasteiger partial charge >= 0.3 is 0 Å². The van der Waals surface area contributed by atoms with Crippen molar-refractivity contribution in [2.75, 3.05) is 33.2 Å². The summed E-state index contributed by atoms with van der Waals surface area (Å²) >= 11 is 0. The van der Waals surface area contributed by atoms with Crippen molar-refractivity contribution in [1.82, 2.24) is 25.4 Å². The summed E-state index contributed by atoms with van der Waals surface area (Å²) in [6.07, 6.45) is 3.36. The fourth-order valence-corrected chi connectivity index (χ4v) is 3.71. The van der Waals surface area contributed by atoms with Gasteiger partial charge in [0.2, 0.25) is 11.8 Å². The zero-order valence-corrected chi connectivity index (χ0v) is 15.0. The number of rotatable bonds is 4. The molecule has 2 aliphatic rings. The summed E-state index contributed by atoms with van der Waals surface area (Å²) < 4.78 is 0. The predicted octanol–water partition coefficient (Wildman–Crippen LogP) is -0.377. The molecule has 0 saturated carbocycles. The largest absolute Gasteiger partial charge is 0.359 e. The molecule has 8 nitrogen and oxygen atoms in total. The average molecular weight is 359 g/mol. The number of piperazine rings is 1. The molecule has 0 radical (unpaired) electrons. The number of pyridine rings is 1. The van der Waals surface area contributed by atoms with Gasteiger partial charge in [0.15, 0.2) is 0 Å². The van der Waals surface area contributed by atoms with Gasteiger partial charge in [-0.15, -0.1) is 0 Å². The minimum Gasteiger partial charge on any atom is -0.359 e. The van der Waals surface area contributed by atoms with Crippen LogP contribution in [0.2, 0.25) is 0 Å². The molecular formula is C18H25N5O3. The van der Waals surface area contributed by atoms with E-state index in [0.29, 0.717) is 25.3 Å². The summed E-state index contributed by atoms with van der Waals surface area (Å²) in [5.74, 6) is -0.283. The molecule has 140 valence electrons. The normalized spacial score (nSPS) is 22.0. The molecule has 0 aliphatic carbocycles. The van der Waals surface area contributed by atoms with Gasteiger partial charge in [0.1, 0.15) is 5.69 Å². The molecule has 26 heavy (non-hydrogen) atoms. The van der Waals surface area contributed by atoms with E-state index < -0.39 is 6.04 Å². The Kier molecular flexibility index (Phi) is 5.82. The van der Waals surface area contributed by atoms with Crippen LogP contribution in [-0.2, 0) is 9.59 Å². The van der Waals surface area contributed by atoms with Gasteiger partial charge in [-0.05, 0) is 25.0 Å². The molecule has 1 aromatic rings. The molecule has 2 fully saturated rings. The number of piperidine rings is 1. The lowest BCUT2D eigenvalue weighted by Crippen LogP contribution is -2.61. The highest BCUT2D eigenvalue weighted by Crippen LogP contribution is 2.22. The fourth-order valence-electron chi connectivity index (χ4n) is 3.71. The van der Waals surface area contributed by atoms with Gasteiger partial charge in [-0.2, -0.15) is 0 Å². The maximum absolute atomic E-state index is 12.5. The summed E-state index contributed by atoms with van der Waals surface area (Å²) in [7, 11) is 1.58. The first-order valence-corrected chi connectivity index (χ1v) is 9.04. The number of hydrogen-bond donors (Lipinski definition) is 2. The minimum atomic E-state index is -0.438. The van der Waals surface area contributed by atoms with Gasteiger partial charge in [-0.3, -0.25) is 24.3 Å². The van der Waals surface area contributed by atoms with E-state index in [1.54, 1.807) is 25.4 Å². The lowest BCUT2D eigenvalue weighted by atomic mass is 9.97. The molecule has 0 spiro atoms. The first-order chi connectivity index (χ1) is 12.6. The van der Waals surface area contributed by atoms with Crippen molar-refractivity contribution in [3.8, 4) is 0 Å². The van der Waals surface area contributed by atoms with Crippen molar-refractivity contribution in [2.24, 2.45) is 0 Å². The molecule has 3 heterocycles. The van der Waals surface area contributed by atoms with E-state index in [2.05, 4.69) is 20.5 Å². The second-order valence-electron chi connectivity index (χ2n) is 6.66. The summed E-state index contributed by atoms with van der Waals surface area (Å²) in [6.45, 7) is 2.58. The highest BCUT2D eigenvalue weighted by Gasteiger charge is 2.37. The highest BCUT2D eigenvalue weighted by molar-refractivity contribution is 5.92. The smallest absolute Gasteiger partial charge is 0.272 e. The number of carbonyl (C=O) groups is 3. The highest BCUT2D eigenvalue weighted by atomic mass is 16.2. The van der Waals surface area contributed by atoms with Crippen LogP contribution in [0.15, 0.2) is 24.4 Å². The lowest BCUT2D eigenvalue weighted by Gasteiger charge is -2.43. The Morgan fingerprint density at radius 1 is 1.27 bits per heavy atom. The molecule has 1 aromatic heterocycles. The van der Waals surface area contributed by atoms with Crippen LogP contribution >= 0.6 is 0 Å². The maximum Gasteiger partial charge on any atom is 0.272 e. The van der Waals surface area contributed by atoms with Crippen LogP contribution in [0.25, 0.3) is 0 Å². The van der Waals surface area contributed by atoms with Gasteiger partial charge < -0.3 is 15.5 Å². The molecule has 2 saturated heterocycles. The number of nitrogens with one attached hydrogen (secondary N) is 2. The molecular weight excluding hydrogens is 334 g/mol. The predicted molar refractivity (Wildman–Crippen MR) is 95.3 cm³/mol. The lowest BCUT2D eigenvalue weighted by molar-refractivity contribution is -0.135. The standard InChI is InChI=1S/C18H25N5O3/c1-19-16(24)12-15-17(25)21-8-11-23(15)13-5-9-22(10-6-13)18(26)14-4-2-3-7-20-14/h2-4,7,13,15H,5-6,8-12H2,1H3,(H,19,24)(H,21,25). The van der Waals surface area contributed by atoms with Crippen molar-refractivity contribution in [3.63, 3.8) is 0 Å². The van der Waals surface area contributed by atoms with Gasteiger partial charge in [-0.25, -0.2) is 0 Å². The second-order valence-corrected chi connectivity index (χ2v) is 6.66. The molecule has 1 atom stereocenters. The third kappa shape index (κ3) is 4.01. The van der Waals surface area contributed by atoms with Crippen molar-refractivity contribution in [2.45, 2.75) is 31.3 Å². The third-order valence-electron chi connectivity index (χ3n) is 5.13. The van der Waals surface area contributed by atoms with Crippen molar-refractivity contribution < 1.29 is 14.4 Å². The molecule has 1 unspecified atom stereocenters. The van der Waals surface area contributed by atoms with E-state index >= 15 is 0 Å². The van der Waals surface area contributed by atoms with E-state index in [1.165, 1.54) is 0 Å². The van der Waals surface area contributed by atoms with Crippen molar-refractivity contribution in [1.29, 1.82) is 0 Å². The van der Waals surface area contributed by atoms with Gasteiger partial charge in [-0.1, -0.05) is 6.07 Å². The quantitative estimate of drug-likeness (QED) is 0.764. The molecule has 3 rings (SSSR count). The monoisotopic (exact) mass is 359 g/mol. The van der Waals surface area contributed by atoms with Crippen LogP contribution in [0.1, 0.15) is 29.8 Å². The van der Waals surface area contributed by atoms with E-state index in [0.717, 1.165) is 19.4 Å². The number of amides is 3. The molecule has 2 aliphatic heterocycles. The van der Waals surface area contributed by atoms with Crippen LogP contribution in [0.4, 0.5) is 0 Å². The maximum atomic E-state index is 12.5. The van der Waals surface area contributed by atoms with Crippen LogP contribution in [-0.4, -0.2) is 77.8 Å². The van der Waals surface area contributed by atoms with Crippen LogP contribution in [0, 0.1) is 0 Å². The molecule has 0 aromatic carbocycles. The van der Waals surface area contributed by atoms with Gasteiger partial charge in [0.25, 0.3) is 5.91 Å². The molecule has 0 bridgehead atoms. The van der Waals surface area contributed by atoms with E-state index in [9.17, 15) is 14.4 Å². The first-order valence-electron chi connectivity index (χ1n) is 9.04. The Balaban J connectivity index is 1.61. The summed E-state index contributed by atoms with van der Waals surface area (Å²) in [4.78, 5) is 44.6. The van der Waals surface area contributed by atoms with Crippen LogP contribution in [0.3, 0.4) is 0 Å². The minimum absolute atomic E-state index is 0.0534. The Hall–Kier alpha value is -2.48. The SMILES string of the molecule is CNC(=O)CC1C(=O)NCCN1C1CCN(C(=O)c2ccccn2)CC1. The summed E-state index contributed by atoms with van der Waals surface area (Å²) in [5, 5.41) is 5.44. The Morgan fingerprint density at radius 2 is 2.04 bits per heavy atom. The number of aromatic nitrogens is 1. The second kappa shape index (κ2) is 8.27. The zero-order valence-electron chi connectivity index (χ0n) is 15.0. The molecule has 8 heteroatoms. The average Bonchev–Trinajstić information content (AvgIpc) is 2.69. The van der Waals surface area contributed by atoms with Crippen LogP contribution in [0.5, 0.6) is 0 Å². The topological polar surface area (TPSA) is 94.6 Å². The first kappa shape index (κ1) is 18.3. The molecule has 3 amide bonds. The Morgan fingerprint density at radius 3 is 2.69 bits per heavy atom. The van der Waals surface area contributed by atoms with Gasteiger partial charge in [0.05, 0.1) is 12.5 Å². The van der Waals surface area contributed by atoms with E-state index in [-0.39, 0.29) is 30.2 Å². The number of hydrogen-bond acceptors (Lipinski definition) is 5. The van der Waals surface area contributed by atoms with E-state index in [1.807, 2.05) is 11.0 Å². The third-order valence-corrected chi connectivity index (χ3v) is 5.13. The Bertz CT molecular complexity index is 658.